The van der Waals surface area contributed by atoms with Gasteiger partial charge in [-0.15, -0.1) is 12.4 Å². The van der Waals surface area contributed by atoms with Crippen LogP contribution in [0.1, 0.15) is 27.4 Å². The van der Waals surface area contributed by atoms with Crippen molar-refractivity contribution >= 4 is 33.8 Å². The summed E-state index contributed by atoms with van der Waals surface area (Å²) >= 11 is 0. The Labute approximate surface area is 153 Å². The van der Waals surface area contributed by atoms with Gasteiger partial charge in [-0.05, 0) is 35.9 Å². The standard InChI is InChI=1S/C15H15F3N2O4S.ClH/c1-25(22,23)8-12-2-3-13(24-12)14(21)20-11-5-9(7-19)4-10(6-11)15(16,17)18;/h2-6H,7-8,19H2,1H3,(H,20,21);1H. The number of carbonyl (C=O) groups excluding carboxylic acids is 1. The third kappa shape index (κ3) is 6.04. The molecule has 1 aromatic carbocycles. The number of nitrogens with two attached hydrogens (primary N) is 1. The van der Waals surface area contributed by atoms with Gasteiger partial charge in [-0.2, -0.15) is 13.2 Å². The van der Waals surface area contributed by atoms with Crippen molar-refractivity contribution in [3.05, 3.63) is 53.0 Å². The fraction of sp³-hybridized carbons (Fsp3) is 0.267. The Kier molecular flexibility index (Phi) is 6.86. The van der Waals surface area contributed by atoms with E-state index in [-0.39, 0.29) is 47.5 Å². The first kappa shape index (κ1) is 22.0. The normalized spacial score (nSPS) is 11.7. The number of rotatable bonds is 5. The van der Waals surface area contributed by atoms with E-state index < -0.39 is 27.5 Å². The van der Waals surface area contributed by atoms with Crippen LogP contribution in [0, 0.1) is 0 Å². The Morgan fingerprint density at radius 2 is 1.88 bits per heavy atom. The molecule has 11 heteroatoms. The fourth-order valence-corrected chi connectivity index (χ4v) is 2.75. The minimum absolute atomic E-state index is 0. The van der Waals surface area contributed by atoms with Crippen molar-refractivity contribution < 1.29 is 30.8 Å². The van der Waals surface area contributed by atoms with E-state index in [1.165, 1.54) is 18.2 Å². The van der Waals surface area contributed by atoms with E-state index in [9.17, 15) is 26.4 Å². The Bertz CT molecular complexity index is 895. The zero-order valence-electron chi connectivity index (χ0n) is 13.5. The Morgan fingerprint density at radius 1 is 1.23 bits per heavy atom. The van der Waals surface area contributed by atoms with Crippen molar-refractivity contribution in [2.24, 2.45) is 5.73 Å². The molecule has 0 unspecified atom stereocenters. The van der Waals surface area contributed by atoms with Crippen LogP contribution < -0.4 is 11.1 Å². The molecule has 3 N–H and O–H groups in total. The van der Waals surface area contributed by atoms with Crippen LogP contribution in [0.2, 0.25) is 0 Å². The van der Waals surface area contributed by atoms with Gasteiger partial charge < -0.3 is 15.5 Å². The van der Waals surface area contributed by atoms with Crippen LogP contribution in [-0.4, -0.2) is 20.6 Å². The van der Waals surface area contributed by atoms with Gasteiger partial charge in [0, 0.05) is 18.5 Å². The van der Waals surface area contributed by atoms with E-state index in [2.05, 4.69) is 5.32 Å². The molecular weight excluding hydrogens is 397 g/mol. The zero-order valence-corrected chi connectivity index (χ0v) is 15.1. The van der Waals surface area contributed by atoms with Gasteiger partial charge in [0.05, 0.1) is 5.56 Å². The summed E-state index contributed by atoms with van der Waals surface area (Å²) in [4.78, 5) is 12.1. The average Bonchev–Trinajstić information content (AvgIpc) is 2.92. The number of alkyl halides is 3. The largest absolute Gasteiger partial charge is 0.455 e. The van der Waals surface area contributed by atoms with E-state index in [1.807, 2.05) is 0 Å². The minimum Gasteiger partial charge on any atom is -0.455 e. The molecule has 2 aromatic rings. The van der Waals surface area contributed by atoms with Crippen LogP contribution in [0.3, 0.4) is 0 Å². The summed E-state index contributed by atoms with van der Waals surface area (Å²) in [5.74, 6) is -1.35. The monoisotopic (exact) mass is 412 g/mol. The SMILES string of the molecule is CS(=O)(=O)Cc1ccc(C(=O)Nc2cc(CN)cc(C(F)(F)F)c2)o1.Cl. The van der Waals surface area contributed by atoms with Gasteiger partial charge in [-0.1, -0.05) is 0 Å². The topological polar surface area (TPSA) is 102 Å². The van der Waals surface area contributed by atoms with E-state index in [0.29, 0.717) is 0 Å². The number of hydrogen-bond acceptors (Lipinski definition) is 5. The lowest BCUT2D eigenvalue weighted by molar-refractivity contribution is -0.137. The second-order valence-corrected chi connectivity index (χ2v) is 7.55. The first-order chi connectivity index (χ1) is 11.5. The second kappa shape index (κ2) is 8.11. The van der Waals surface area contributed by atoms with Gasteiger partial charge in [0.2, 0.25) is 0 Å². The van der Waals surface area contributed by atoms with Gasteiger partial charge in [-0.25, -0.2) is 8.42 Å². The Balaban J connectivity index is 0.00000338. The third-order valence-electron chi connectivity index (χ3n) is 3.10. The lowest BCUT2D eigenvalue weighted by Gasteiger charge is -2.12. The van der Waals surface area contributed by atoms with Crippen LogP contribution in [0.4, 0.5) is 18.9 Å². The smallest absolute Gasteiger partial charge is 0.416 e. The zero-order chi connectivity index (χ0) is 18.8. The van der Waals surface area contributed by atoms with E-state index >= 15 is 0 Å². The summed E-state index contributed by atoms with van der Waals surface area (Å²) in [5, 5.41) is 2.28. The molecule has 0 saturated carbocycles. The van der Waals surface area contributed by atoms with Crippen LogP contribution in [-0.2, 0) is 28.3 Å². The number of halogens is 4. The third-order valence-corrected chi connectivity index (χ3v) is 3.91. The van der Waals surface area contributed by atoms with E-state index in [1.54, 1.807) is 0 Å². The van der Waals surface area contributed by atoms with Crippen molar-refractivity contribution in [2.45, 2.75) is 18.5 Å². The van der Waals surface area contributed by atoms with E-state index in [0.717, 1.165) is 18.4 Å². The maximum Gasteiger partial charge on any atom is 0.416 e. The molecular formula is C15H16ClF3N2O4S. The van der Waals surface area contributed by atoms with Crippen molar-refractivity contribution in [3.8, 4) is 0 Å². The molecule has 0 bridgehead atoms. The number of nitrogens with one attached hydrogen (secondary N) is 1. The van der Waals surface area contributed by atoms with Gasteiger partial charge in [0.25, 0.3) is 5.91 Å². The molecule has 1 amide bonds. The molecule has 0 saturated heterocycles. The molecule has 0 aliphatic rings. The lowest BCUT2D eigenvalue weighted by Crippen LogP contribution is -2.14. The number of sulfone groups is 1. The lowest BCUT2D eigenvalue weighted by atomic mass is 10.1. The highest BCUT2D eigenvalue weighted by Crippen LogP contribution is 2.32. The molecule has 2 rings (SSSR count). The molecule has 0 aliphatic heterocycles. The molecule has 1 aromatic heterocycles. The molecule has 0 radical (unpaired) electrons. The number of carbonyl (C=O) groups is 1. The Hall–Kier alpha value is -2.04. The Morgan fingerprint density at radius 3 is 2.42 bits per heavy atom. The van der Waals surface area contributed by atoms with Gasteiger partial charge in [0.1, 0.15) is 11.5 Å². The predicted molar refractivity (Wildman–Crippen MR) is 91.8 cm³/mol. The number of furan rings is 1. The first-order valence-electron chi connectivity index (χ1n) is 6.97. The molecule has 26 heavy (non-hydrogen) atoms. The molecule has 0 atom stereocenters. The highest BCUT2D eigenvalue weighted by atomic mass is 35.5. The van der Waals surface area contributed by atoms with E-state index in [4.69, 9.17) is 10.2 Å². The van der Waals surface area contributed by atoms with Crippen LogP contribution in [0.25, 0.3) is 0 Å². The second-order valence-electron chi connectivity index (χ2n) is 5.41. The van der Waals surface area contributed by atoms with Crippen molar-refractivity contribution in [1.82, 2.24) is 0 Å². The fourth-order valence-electron chi connectivity index (χ4n) is 2.07. The number of hydrogen-bond donors (Lipinski definition) is 2. The molecule has 0 fully saturated rings. The summed E-state index contributed by atoms with van der Waals surface area (Å²) in [6.07, 6.45) is -3.58. The van der Waals surface area contributed by atoms with Crippen molar-refractivity contribution in [3.63, 3.8) is 0 Å². The molecule has 144 valence electrons. The van der Waals surface area contributed by atoms with Crippen LogP contribution in [0.5, 0.6) is 0 Å². The van der Waals surface area contributed by atoms with Crippen LogP contribution in [0.15, 0.2) is 34.7 Å². The van der Waals surface area contributed by atoms with Crippen molar-refractivity contribution in [1.29, 1.82) is 0 Å². The van der Waals surface area contributed by atoms with Crippen molar-refractivity contribution in [2.75, 3.05) is 11.6 Å². The van der Waals surface area contributed by atoms with Gasteiger partial charge >= 0.3 is 6.18 Å². The molecule has 0 aliphatic carbocycles. The summed E-state index contributed by atoms with van der Waals surface area (Å²) in [6.45, 7) is -0.133. The van der Waals surface area contributed by atoms with Crippen LogP contribution >= 0.6 is 12.4 Å². The number of benzene rings is 1. The summed E-state index contributed by atoms with van der Waals surface area (Å²) in [6, 6.07) is 5.54. The van der Waals surface area contributed by atoms with Gasteiger partial charge in [-0.3, -0.25) is 4.79 Å². The minimum atomic E-state index is -4.59. The first-order valence-corrected chi connectivity index (χ1v) is 9.03. The number of amides is 1. The molecule has 1 heterocycles. The quantitative estimate of drug-likeness (QED) is 0.786. The summed E-state index contributed by atoms with van der Waals surface area (Å²) < 4.78 is 66.1. The predicted octanol–water partition coefficient (Wildman–Crippen LogP) is 2.98. The average molecular weight is 413 g/mol. The maximum absolute atomic E-state index is 12.9. The maximum atomic E-state index is 12.9. The molecule has 6 nitrogen and oxygen atoms in total. The van der Waals surface area contributed by atoms with Gasteiger partial charge in [0.15, 0.2) is 15.6 Å². The summed E-state index contributed by atoms with van der Waals surface area (Å²) in [5.41, 5.74) is 4.54. The number of anilines is 1. The highest BCUT2D eigenvalue weighted by molar-refractivity contribution is 7.89. The summed E-state index contributed by atoms with van der Waals surface area (Å²) in [7, 11) is -3.34. The highest BCUT2D eigenvalue weighted by Gasteiger charge is 2.31. The molecule has 0 spiro atoms.